The second-order valence-electron chi connectivity index (χ2n) is 4.58. The quantitative estimate of drug-likeness (QED) is 0.827. The summed E-state index contributed by atoms with van der Waals surface area (Å²) in [6, 6.07) is 0.801. The zero-order valence-corrected chi connectivity index (χ0v) is 12.0. The fourth-order valence-electron chi connectivity index (χ4n) is 1.75. The zero-order valence-electron chi connectivity index (χ0n) is 10.3. The Morgan fingerprint density at radius 1 is 1.33 bits per heavy atom. The molecule has 1 aliphatic rings. The number of hydrogen-bond donors (Lipinski definition) is 1. The summed E-state index contributed by atoms with van der Waals surface area (Å²) in [5.41, 5.74) is 0. The van der Waals surface area contributed by atoms with Crippen molar-refractivity contribution in [2.24, 2.45) is 0 Å². The maximum Gasteiger partial charge on any atom is 0.159 e. The summed E-state index contributed by atoms with van der Waals surface area (Å²) in [4.78, 5) is 5.38. The van der Waals surface area contributed by atoms with E-state index in [0.29, 0.717) is 0 Å². The van der Waals surface area contributed by atoms with Crippen molar-refractivity contribution in [3.8, 4) is 9.88 Å². The summed E-state index contributed by atoms with van der Waals surface area (Å²) in [6.07, 6.45) is 6.77. The minimum atomic E-state index is 0.801. The standard InChI is InChI=1S/C12H16N4S2/c1-8-14-7-10(17-8)12-16-15-11(18-12)3-2-6-13-9-4-5-9/h7,9,13H,2-6H2,1H3. The number of rotatable bonds is 6. The first-order valence-electron chi connectivity index (χ1n) is 6.30. The van der Waals surface area contributed by atoms with Gasteiger partial charge in [0, 0.05) is 18.7 Å². The van der Waals surface area contributed by atoms with Crippen LogP contribution in [0.1, 0.15) is 29.3 Å². The molecule has 0 aliphatic heterocycles. The highest BCUT2D eigenvalue weighted by molar-refractivity contribution is 7.21. The molecule has 0 unspecified atom stereocenters. The molecular formula is C12H16N4S2. The van der Waals surface area contributed by atoms with Gasteiger partial charge in [0.2, 0.25) is 0 Å². The van der Waals surface area contributed by atoms with Gasteiger partial charge in [-0.05, 0) is 32.7 Å². The smallest absolute Gasteiger partial charge is 0.159 e. The average Bonchev–Trinajstić information content (AvgIpc) is 2.88. The van der Waals surface area contributed by atoms with Crippen molar-refractivity contribution in [3.05, 3.63) is 16.2 Å². The van der Waals surface area contributed by atoms with E-state index < -0.39 is 0 Å². The van der Waals surface area contributed by atoms with E-state index in [1.54, 1.807) is 22.7 Å². The Labute approximate surface area is 114 Å². The SMILES string of the molecule is Cc1ncc(-c2nnc(CCCNC3CC3)s2)s1. The van der Waals surface area contributed by atoms with Gasteiger partial charge in [-0.3, -0.25) is 0 Å². The van der Waals surface area contributed by atoms with Gasteiger partial charge >= 0.3 is 0 Å². The molecule has 1 aliphatic carbocycles. The Morgan fingerprint density at radius 3 is 2.94 bits per heavy atom. The van der Waals surface area contributed by atoms with Crippen molar-refractivity contribution in [2.75, 3.05) is 6.54 Å². The van der Waals surface area contributed by atoms with E-state index >= 15 is 0 Å². The third kappa shape index (κ3) is 3.13. The lowest BCUT2D eigenvalue weighted by Gasteiger charge is -1.99. The van der Waals surface area contributed by atoms with Crippen LogP contribution in [-0.2, 0) is 6.42 Å². The molecule has 2 aromatic rings. The van der Waals surface area contributed by atoms with Crippen LogP contribution in [0.3, 0.4) is 0 Å². The largest absolute Gasteiger partial charge is 0.314 e. The van der Waals surface area contributed by atoms with Crippen LogP contribution in [0.25, 0.3) is 9.88 Å². The first-order chi connectivity index (χ1) is 8.81. The minimum absolute atomic E-state index is 0.801. The molecule has 3 rings (SSSR count). The second-order valence-corrected chi connectivity index (χ2v) is 6.87. The summed E-state index contributed by atoms with van der Waals surface area (Å²) in [6.45, 7) is 3.11. The van der Waals surface area contributed by atoms with Crippen molar-refractivity contribution < 1.29 is 0 Å². The molecule has 6 heteroatoms. The third-order valence-corrected chi connectivity index (χ3v) is 4.94. The highest BCUT2D eigenvalue weighted by Crippen LogP contribution is 2.28. The Balaban J connectivity index is 1.52. The zero-order chi connectivity index (χ0) is 12.4. The second kappa shape index (κ2) is 5.42. The lowest BCUT2D eigenvalue weighted by atomic mass is 10.3. The Morgan fingerprint density at radius 2 is 2.22 bits per heavy atom. The number of hydrogen-bond acceptors (Lipinski definition) is 6. The van der Waals surface area contributed by atoms with Crippen LogP contribution in [0.15, 0.2) is 6.20 Å². The molecule has 2 aromatic heterocycles. The topological polar surface area (TPSA) is 50.7 Å². The number of thiazole rings is 1. The molecule has 96 valence electrons. The summed E-state index contributed by atoms with van der Waals surface area (Å²) >= 11 is 3.37. The van der Waals surface area contributed by atoms with Crippen LogP contribution >= 0.6 is 22.7 Å². The van der Waals surface area contributed by atoms with Gasteiger partial charge in [-0.2, -0.15) is 0 Å². The minimum Gasteiger partial charge on any atom is -0.314 e. The van der Waals surface area contributed by atoms with Gasteiger partial charge in [0.15, 0.2) is 5.01 Å². The predicted octanol–water partition coefficient (Wildman–Crippen LogP) is 2.65. The van der Waals surface area contributed by atoms with E-state index in [4.69, 9.17) is 0 Å². The summed E-state index contributed by atoms with van der Waals surface area (Å²) in [5.74, 6) is 0. The molecule has 0 atom stereocenters. The van der Waals surface area contributed by atoms with Gasteiger partial charge in [0.05, 0.1) is 9.88 Å². The first-order valence-corrected chi connectivity index (χ1v) is 7.93. The van der Waals surface area contributed by atoms with Gasteiger partial charge in [0.25, 0.3) is 0 Å². The molecule has 0 saturated heterocycles. The van der Waals surface area contributed by atoms with Crippen LogP contribution in [0, 0.1) is 6.92 Å². The van der Waals surface area contributed by atoms with Crippen molar-refractivity contribution in [2.45, 2.75) is 38.6 Å². The normalized spacial score (nSPS) is 15.2. The van der Waals surface area contributed by atoms with E-state index in [0.717, 1.165) is 45.3 Å². The maximum absolute atomic E-state index is 4.25. The van der Waals surface area contributed by atoms with Crippen molar-refractivity contribution in [1.82, 2.24) is 20.5 Å². The number of nitrogens with zero attached hydrogens (tertiary/aromatic N) is 3. The van der Waals surface area contributed by atoms with E-state index in [2.05, 4.69) is 20.5 Å². The molecule has 1 saturated carbocycles. The van der Waals surface area contributed by atoms with Gasteiger partial charge in [0.1, 0.15) is 5.01 Å². The molecule has 0 amide bonds. The summed E-state index contributed by atoms with van der Waals surface area (Å²) in [5, 5.41) is 15.2. The number of nitrogens with one attached hydrogen (secondary N) is 1. The van der Waals surface area contributed by atoms with Crippen LogP contribution in [-0.4, -0.2) is 27.8 Å². The fourth-order valence-corrected chi connectivity index (χ4v) is 3.44. The summed E-state index contributed by atoms with van der Waals surface area (Å²) < 4.78 is 0. The van der Waals surface area contributed by atoms with Crippen molar-refractivity contribution in [3.63, 3.8) is 0 Å². The average molecular weight is 280 g/mol. The molecule has 0 radical (unpaired) electrons. The Hall–Kier alpha value is -0.850. The van der Waals surface area contributed by atoms with Gasteiger partial charge in [-0.25, -0.2) is 4.98 Å². The Kier molecular flexibility index (Phi) is 3.67. The van der Waals surface area contributed by atoms with Gasteiger partial charge in [-0.15, -0.1) is 21.5 Å². The molecular weight excluding hydrogens is 264 g/mol. The van der Waals surface area contributed by atoms with E-state index in [1.807, 2.05) is 13.1 Å². The molecule has 1 fully saturated rings. The molecule has 1 N–H and O–H groups in total. The van der Waals surface area contributed by atoms with E-state index in [-0.39, 0.29) is 0 Å². The molecule has 4 nitrogen and oxygen atoms in total. The monoisotopic (exact) mass is 280 g/mol. The van der Waals surface area contributed by atoms with Crippen LogP contribution in [0.2, 0.25) is 0 Å². The third-order valence-electron chi connectivity index (χ3n) is 2.88. The predicted molar refractivity (Wildman–Crippen MR) is 75.1 cm³/mol. The van der Waals surface area contributed by atoms with Crippen molar-refractivity contribution in [1.29, 1.82) is 0 Å². The van der Waals surface area contributed by atoms with Crippen molar-refractivity contribution >= 4 is 22.7 Å². The van der Waals surface area contributed by atoms with E-state index in [9.17, 15) is 0 Å². The van der Waals surface area contributed by atoms with Crippen LogP contribution in [0.5, 0.6) is 0 Å². The molecule has 18 heavy (non-hydrogen) atoms. The maximum atomic E-state index is 4.25. The fraction of sp³-hybridized carbons (Fsp3) is 0.583. The molecule has 0 spiro atoms. The highest BCUT2D eigenvalue weighted by Gasteiger charge is 2.19. The number of aryl methyl sites for hydroxylation is 2. The Bertz CT molecular complexity index is 516. The lowest BCUT2D eigenvalue weighted by molar-refractivity contribution is 0.643. The molecule has 2 heterocycles. The number of aromatic nitrogens is 3. The summed E-state index contributed by atoms with van der Waals surface area (Å²) in [7, 11) is 0. The van der Waals surface area contributed by atoms with E-state index in [1.165, 1.54) is 12.8 Å². The molecule has 0 bridgehead atoms. The van der Waals surface area contributed by atoms with Gasteiger partial charge in [-0.1, -0.05) is 11.3 Å². The molecule has 0 aromatic carbocycles. The van der Waals surface area contributed by atoms with Gasteiger partial charge < -0.3 is 5.32 Å². The lowest BCUT2D eigenvalue weighted by Crippen LogP contribution is -2.17. The highest BCUT2D eigenvalue weighted by atomic mass is 32.1. The van der Waals surface area contributed by atoms with Crippen LogP contribution in [0.4, 0.5) is 0 Å². The first kappa shape index (κ1) is 12.2. The van der Waals surface area contributed by atoms with Crippen LogP contribution < -0.4 is 5.32 Å².